The van der Waals surface area contributed by atoms with Crippen molar-refractivity contribution < 1.29 is 88.8 Å². The summed E-state index contributed by atoms with van der Waals surface area (Å²) < 4.78 is 225. The molecule has 0 aromatic carbocycles. The maximum absolute atomic E-state index is 14.6. The third-order valence-electron chi connectivity index (χ3n) is 4.26. The number of aliphatic hydroxyl groups excluding tert-OH is 1. The van der Waals surface area contributed by atoms with Crippen LogP contribution in [0.1, 0.15) is 12.8 Å². The lowest BCUT2D eigenvalue weighted by molar-refractivity contribution is -0.366. The third-order valence-corrected chi connectivity index (χ3v) is 6.27. The SMILES string of the molecule is O=S(=O)(O)CC(F)(F)C(F)(F)C(F)(F)C(O)(CCCO)C(C(F)(F)C(F)(F)C(F)F)S(=O)(=O)O. The Morgan fingerprint density at radius 1 is 0.735 bits per heavy atom. The van der Waals surface area contributed by atoms with Gasteiger partial charge in [-0.05, 0) is 12.8 Å². The van der Waals surface area contributed by atoms with Gasteiger partial charge in [0.25, 0.3) is 20.2 Å². The van der Waals surface area contributed by atoms with Gasteiger partial charge in [0.1, 0.15) is 5.75 Å². The average Bonchev–Trinajstić information content (AvgIpc) is 2.55. The first-order valence-corrected chi connectivity index (χ1v) is 11.1. The molecule has 0 saturated carbocycles. The van der Waals surface area contributed by atoms with E-state index in [0.29, 0.717) is 0 Å². The minimum absolute atomic E-state index is 1.65. The highest BCUT2D eigenvalue weighted by molar-refractivity contribution is 7.86. The van der Waals surface area contributed by atoms with Crippen LogP contribution in [0.25, 0.3) is 0 Å². The van der Waals surface area contributed by atoms with E-state index >= 15 is 0 Å². The van der Waals surface area contributed by atoms with Crippen LogP contribution in [0.5, 0.6) is 0 Å². The molecule has 0 saturated heterocycles. The summed E-state index contributed by atoms with van der Waals surface area (Å²) in [7, 11) is -13.8. The molecule has 34 heavy (non-hydrogen) atoms. The van der Waals surface area contributed by atoms with Crippen molar-refractivity contribution in [2.45, 2.75) is 59.7 Å². The van der Waals surface area contributed by atoms with Crippen LogP contribution in [0.2, 0.25) is 0 Å². The molecule has 0 spiro atoms. The van der Waals surface area contributed by atoms with Crippen molar-refractivity contribution in [3.8, 4) is 0 Å². The number of hydrogen-bond donors (Lipinski definition) is 4. The topological polar surface area (TPSA) is 149 Å². The van der Waals surface area contributed by atoms with Crippen LogP contribution < -0.4 is 0 Å². The van der Waals surface area contributed by atoms with Crippen molar-refractivity contribution in [3.63, 3.8) is 0 Å². The molecule has 0 aromatic heterocycles. The molecule has 2 atom stereocenters. The van der Waals surface area contributed by atoms with E-state index in [0.717, 1.165) is 0 Å². The second kappa shape index (κ2) is 9.41. The van der Waals surface area contributed by atoms with Gasteiger partial charge in [0.05, 0.1) is 0 Å². The van der Waals surface area contributed by atoms with Crippen molar-refractivity contribution in [2.75, 3.05) is 12.4 Å². The summed E-state index contributed by atoms with van der Waals surface area (Å²) in [5.41, 5.74) is -6.21. The van der Waals surface area contributed by atoms with Gasteiger partial charge in [0.15, 0.2) is 10.9 Å². The maximum Gasteiger partial charge on any atom is 0.376 e. The van der Waals surface area contributed by atoms with Crippen LogP contribution in [-0.2, 0) is 20.2 Å². The molecule has 206 valence electrons. The Morgan fingerprint density at radius 3 is 1.44 bits per heavy atom. The molecule has 0 aromatic rings. The molecule has 0 radical (unpaired) electrons. The Balaban J connectivity index is 7.47. The zero-order chi connectivity index (χ0) is 28.0. The molecular formula is C12H14F12O8S2. The van der Waals surface area contributed by atoms with Gasteiger partial charge in [0.2, 0.25) is 0 Å². The first kappa shape index (κ1) is 32.9. The monoisotopic (exact) mass is 578 g/mol. The molecule has 0 bridgehead atoms. The average molecular weight is 578 g/mol. The van der Waals surface area contributed by atoms with Crippen molar-refractivity contribution in [2.24, 2.45) is 0 Å². The summed E-state index contributed by atoms with van der Waals surface area (Å²) in [6.45, 7) is -1.65. The van der Waals surface area contributed by atoms with Gasteiger partial charge in [-0.1, -0.05) is 0 Å². The first-order valence-electron chi connectivity index (χ1n) is 8.00. The Hall–Kier alpha value is -1.10. The molecule has 0 heterocycles. The minimum Gasteiger partial charge on any atom is -0.396 e. The normalized spacial score (nSPS) is 18.1. The smallest absolute Gasteiger partial charge is 0.376 e. The van der Waals surface area contributed by atoms with E-state index in [9.17, 15) is 74.6 Å². The fraction of sp³-hybridized carbons (Fsp3) is 1.00. The predicted molar refractivity (Wildman–Crippen MR) is 83.8 cm³/mol. The van der Waals surface area contributed by atoms with E-state index in [2.05, 4.69) is 0 Å². The quantitative estimate of drug-likeness (QED) is 0.192. The summed E-state index contributed by atoms with van der Waals surface area (Å²) in [5, 5.41) is 12.6. The minimum atomic E-state index is -7.51. The van der Waals surface area contributed by atoms with E-state index in [-0.39, 0.29) is 0 Å². The molecule has 0 aliphatic rings. The van der Waals surface area contributed by atoms with Crippen molar-refractivity contribution in [1.82, 2.24) is 0 Å². The van der Waals surface area contributed by atoms with Crippen molar-refractivity contribution in [3.05, 3.63) is 0 Å². The molecule has 2 unspecified atom stereocenters. The first-order chi connectivity index (χ1) is 14.6. The number of halogens is 12. The summed E-state index contributed by atoms with van der Waals surface area (Å²) in [5.74, 6) is -39.8. The van der Waals surface area contributed by atoms with Crippen LogP contribution in [0.15, 0.2) is 0 Å². The van der Waals surface area contributed by atoms with Crippen molar-refractivity contribution in [1.29, 1.82) is 0 Å². The van der Waals surface area contributed by atoms with Gasteiger partial charge in [-0.2, -0.15) is 60.7 Å². The predicted octanol–water partition coefficient (Wildman–Crippen LogP) is 2.08. The van der Waals surface area contributed by atoms with Crippen LogP contribution in [0, 0.1) is 0 Å². The molecule has 0 fully saturated rings. The summed E-state index contributed by atoms with van der Waals surface area (Å²) in [6.07, 6.45) is -10.2. The van der Waals surface area contributed by atoms with E-state index in [4.69, 9.17) is 14.2 Å². The van der Waals surface area contributed by atoms with Gasteiger partial charge >= 0.3 is 36.0 Å². The van der Waals surface area contributed by atoms with E-state index in [1.54, 1.807) is 0 Å². The molecule has 0 amide bonds. The van der Waals surface area contributed by atoms with Gasteiger partial charge in [-0.3, -0.25) is 9.11 Å². The highest BCUT2D eigenvalue weighted by Crippen LogP contribution is 2.57. The van der Waals surface area contributed by atoms with E-state index in [1.807, 2.05) is 0 Å². The summed E-state index contributed by atoms with van der Waals surface area (Å²) in [4.78, 5) is 0. The lowest BCUT2D eigenvalue weighted by Crippen LogP contribution is -2.75. The van der Waals surface area contributed by atoms with Gasteiger partial charge < -0.3 is 10.2 Å². The van der Waals surface area contributed by atoms with Gasteiger partial charge in [0, 0.05) is 6.61 Å². The highest BCUT2D eigenvalue weighted by Gasteiger charge is 2.85. The maximum atomic E-state index is 14.6. The molecular weight excluding hydrogens is 564 g/mol. The van der Waals surface area contributed by atoms with Crippen LogP contribution in [0.3, 0.4) is 0 Å². The van der Waals surface area contributed by atoms with Crippen LogP contribution in [0.4, 0.5) is 52.7 Å². The molecule has 8 nitrogen and oxygen atoms in total. The Bertz CT molecular complexity index is 937. The second-order valence-corrected chi connectivity index (χ2v) is 9.73. The lowest BCUT2D eigenvalue weighted by Gasteiger charge is -2.47. The van der Waals surface area contributed by atoms with Crippen LogP contribution >= 0.6 is 0 Å². The number of rotatable bonds is 13. The summed E-state index contributed by atoms with van der Waals surface area (Å²) in [6, 6.07) is 0. The zero-order valence-electron chi connectivity index (χ0n) is 15.8. The molecule has 22 heteroatoms. The Labute approximate surface area is 182 Å². The van der Waals surface area contributed by atoms with E-state index < -0.39 is 92.3 Å². The van der Waals surface area contributed by atoms with E-state index in [1.165, 1.54) is 0 Å². The Kier molecular flexibility index (Phi) is 9.10. The fourth-order valence-corrected chi connectivity index (χ4v) is 4.61. The number of alkyl halides is 12. The second-order valence-electron chi connectivity index (χ2n) is 6.77. The molecule has 0 aliphatic heterocycles. The number of hydrogen-bond acceptors (Lipinski definition) is 6. The van der Waals surface area contributed by atoms with Crippen LogP contribution in [-0.4, -0.2) is 95.4 Å². The third kappa shape index (κ3) is 5.65. The molecule has 0 rings (SSSR count). The summed E-state index contributed by atoms with van der Waals surface area (Å²) >= 11 is 0. The molecule has 0 aliphatic carbocycles. The standard InChI is InChI=1S/C12H14F12O8S2/c13-6(14)10(19,20)9(17,18)5(34(30,31)32)7(26,2-1-3-25)11(21,22)12(23,24)8(15,16)4-33(27,28)29/h5-6,25-26H,1-4H2,(H,27,28,29)(H,30,31,32). The number of aliphatic hydroxyl groups is 2. The zero-order valence-corrected chi connectivity index (χ0v) is 17.4. The fourth-order valence-electron chi connectivity index (χ4n) is 2.68. The van der Waals surface area contributed by atoms with Crippen molar-refractivity contribution >= 4 is 20.2 Å². The van der Waals surface area contributed by atoms with Gasteiger partial charge in [-0.15, -0.1) is 0 Å². The largest absolute Gasteiger partial charge is 0.396 e. The van der Waals surface area contributed by atoms with Gasteiger partial charge in [-0.25, -0.2) is 8.78 Å². The highest BCUT2D eigenvalue weighted by atomic mass is 32.2. The molecule has 4 N–H and O–H groups in total. The lowest BCUT2D eigenvalue weighted by atomic mass is 9.78. The Morgan fingerprint density at radius 2 is 1.15 bits per heavy atom.